The van der Waals surface area contributed by atoms with Crippen LogP contribution in [0.3, 0.4) is 0 Å². The fourth-order valence-corrected chi connectivity index (χ4v) is 1.94. The molecule has 0 aromatic carbocycles. The minimum absolute atomic E-state index is 0.268. The number of hydrogen-bond acceptors (Lipinski definition) is 3. The summed E-state index contributed by atoms with van der Waals surface area (Å²) in [6, 6.07) is 5.88. The molecule has 0 atom stereocenters. The SMILES string of the molecule is CC(C)OC1CC(N=C(N)Nc2ccccn2)C1. The van der Waals surface area contributed by atoms with Gasteiger partial charge in [-0.3, -0.25) is 0 Å². The third kappa shape index (κ3) is 3.70. The summed E-state index contributed by atoms with van der Waals surface area (Å²) in [6.45, 7) is 4.10. The standard InChI is InChI=1S/C13H20N4O/c1-9(2)18-11-7-10(8-11)16-13(14)17-12-5-3-4-6-15-12/h3-6,9-11H,7-8H2,1-2H3,(H3,14,15,16,17). The van der Waals surface area contributed by atoms with Crippen LogP contribution in [0, 0.1) is 0 Å². The summed E-state index contributed by atoms with van der Waals surface area (Å²) >= 11 is 0. The number of ether oxygens (including phenoxy) is 1. The molecule has 1 heterocycles. The molecule has 3 N–H and O–H groups in total. The van der Waals surface area contributed by atoms with Crippen LogP contribution < -0.4 is 11.1 Å². The van der Waals surface area contributed by atoms with Crippen molar-refractivity contribution in [3.05, 3.63) is 24.4 Å². The lowest BCUT2D eigenvalue weighted by molar-refractivity contribution is -0.0428. The van der Waals surface area contributed by atoms with Crippen molar-refractivity contribution < 1.29 is 4.74 Å². The highest BCUT2D eigenvalue weighted by Crippen LogP contribution is 2.27. The average molecular weight is 248 g/mol. The summed E-state index contributed by atoms with van der Waals surface area (Å²) in [6.07, 6.45) is 4.22. The lowest BCUT2D eigenvalue weighted by Crippen LogP contribution is -2.38. The minimum Gasteiger partial charge on any atom is -0.375 e. The number of nitrogens with one attached hydrogen (secondary N) is 1. The molecule has 1 aromatic heterocycles. The van der Waals surface area contributed by atoms with Gasteiger partial charge >= 0.3 is 0 Å². The summed E-state index contributed by atoms with van der Waals surface area (Å²) < 4.78 is 5.67. The lowest BCUT2D eigenvalue weighted by Gasteiger charge is -2.33. The fraction of sp³-hybridized carbons (Fsp3) is 0.538. The summed E-state index contributed by atoms with van der Waals surface area (Å²) in [5, 5.41) is 2.97. The number of pyridine rings is 1. The molecule has 5 nitrogen and oxygen atoms in total. The van der Waals surface area contributed by atoms with Gasteiger partial charge in [-0.1, -0.05) is 6.07 Å². The van der Waals surface area contributed by atoms with Crippen molar-refractivity contribution in [2.45, 2.75) is 44.9 Å². The van der Waals surface area contributed by atoms with Crippen molar-refractivity contribution in [3.63, 3.8) is 0 Å². The summed E-state index contributed by atoms with van der Waals surface area (Å²) in [5.41, 5.74) is 5.82. The molecule has 18 heavy (non-hydrogen) atoms. The van der Waals surface area contributed by atoms with E-state index >= 15 is 0 Å². The third-order valence-electron chi connectivity index (χ3n) is 2.78. The van der Waals surface area contributed by atoms with Gasteiger partial charge in [0.25, 0.3) is 0 Å². The molecule has 1 aliphatic rings. The molecule has 5 heteroatoms. The predicted molar refractivity (Wildman–Crippen MR) is 72.5 cm³/mol. The highest BCUT2D eigenvalue weighted by atomic mass is 16.5. The van der Waals surface area contributed by atoms with Crippen molar-refractivity contribution in [1.29, 1.82) is 0 Å². The zero-order valence-electron chi connectivity index (χ0n) is 10.8. The summed E-state index contributed by atoms with van der Waals surface area (Å²) in [4.78, 5) is 8.53. The van der Waals surface area contributed by atoms with Crippen molar-refractivity contribution in [3.8, 4) is 0 Å². The molecule has 1 aromatic rings. The van der Waals surface area contributed by atoms with Crippen LogP contribution in [-0.4, -0.2) is 29.2 Å². The first-order chi connectivity index (χ1) is 8.63. The van der Waals surface area contributed by atoms with E-state index in [0.29, 0.717) is 17.9 Å². The highest BCUT2D eigenvalue weighted by molar-refractivity contribution is 5.91. The number of hydrogen-bond donors (Lipinski definition) is 2. The Hall–Kier alpha value is -1.62. The molecule has 1 fully saturated rings. The van der Waals surface area contributed by atoms with E-state index in [1.807, 2.05) is 32.0 Å². The largest absolute Gasteiger partial charge is 0.375 e. The lowest BCUT2D eigenvalue weighted by atomic mass is 9.90. The number of nitrogens with zero attached hydrogens (tertiary/aromatic N) is 2. The van der Waals surface area contributed by atoms with E-state index in [9.17, 15) is 0 Å². The fourth-order valence-electron chi connectivity index (χ4n) is 1.94. The van der Waals surface area contributed by atoms with E-state index in [1.54, 1.807) is 6.20 Å². The second-order valence-electron chi connectivity index (χ2n) is 4.79. The number of rotatable bonds is 4. The number of nitrogens with two attached hydrogens (primary N) is 1. The Morgan fingerprint density at radius 1 is 1.50 bits per heavy atom. The zero-order valence-corrected chi connectivity index (χ0v) is 10.8. The zero-order chi connectivity index (χ0) is 13.0. The van der Waals surface area contributed by atoms with Crippen LogP contribution in [0.25, 0.3) is 0 Å². The average Bonchev–Trinajstić information content (AvgIpc) is 2.27. The molecule has 0 radical (unpaired) electrons. The highest BCUT2D eigenvalue weighted by Gasteiger charge is 2.30. The Kier molecular flexibility index (Phi) is 4.15. The monoisotopic (exact) mass is 248 g/mol. The Morgan fingerprint density at radius 2 is 2.28 bits per heavy atom. The van der Waals surface area contributed by atoms with Crippen molar-refractivity contribution in [2.75, 3.05) is 5.32 Å². The van der Waals surface area contributed by atoms with Crippen LogP contribution in [0.1, 0.15) is 26.7 Å². The van der Waals surface area contributed by atoms with Crippen molar-refractivity contribution >= 4 is 11.8 Å². The molecular formula is C13H20N4O. The van der Waals surface area contributed by atoms with E-state index in [2.05, 4.69) is 15.3 Å². The second-order valence-corrected chi connectivity index (χ2v) is 4.79. The van der Waals surface area contributed by atoms with Crippen molar-refractivity contribution in [1.82, 2.24) is 4.98 Å². The Balaban J connectivity index is 1.77. The molecule has 0 aliphatic heterocycles. The van der Waals surface area contributed by atoms with Gasteiger partial charge in [0.15, 0.2) is 5.96 Å². The van der Waals surface area contributed by atoms with E-state index in [4.69, 9.17) is 10.5 Å². The van der Waals surface area contributed by atoms with Crippen LogP contribution in [0.15, 0.2) is 29.4 Å². The Bertz CT molecular complexity index is 399. The van der Waals surface area contributed by atoms with Gasteiger partial charge in [-0.25, -0.2) is 9.98 Å². The molecule has 0 unspecified atom stereocenters. The quantitative estimate of drug-likeness (QED) is 0.629. The Labute approximate surface area is 107 Å². The molecule has 0 spiro atoms. The normalized spacial score (nSPS) is 23.8. The van der Waals surface area contributed by atoms with Crippen LogP contribution in [0.5, 0.6) is 0 Å². The first-order valence-corrected chi connectivity index (χ1v) is 6.30. The number of anilines is 1. The summed E-state index contributed by atoms with van der Waals surface area (Å²) in [5.74, 6) is 1.13. The maximum Gasteiger partial charge on any atom is 0.194 e. The molecule has 0 bridgehead atoms. The van der Waals surface area contributed by atoms with E-state index in [0.717, 1.165) is 12.8 Å². The topological polar surface area (TPSA) is 72.5 Å². The molecule has 1 saturated carbocycles. The van der Waals surface area contributed by atoms with Crippen LogP contribution >= 0.6 is 0 Å². The van der Waals surface area contributed by atoms with Gasteiger partial charge in [-0.15, -0.1) is 0 Å². The van der Waals surface area contributed by atoms with Crippen LogP contribution in [0.4, 0.5) is 5.82 Å². The molecule has 0 saturated heterocycles. The van der Waals surface area contributed by atoms with Crippen molar-refractivity contribution in [2.24, 2.45) is 10.7 Å². The molecule has 1 aliphatic carbocycles. The molecule has 98 valence electrons. The molecular weight excluding hydrogens is 228 g/mol. The van der Waals surface area contributed by atoms with E-state index in [1.165, 1.54) is 0 Å². The first kappa shape index (κ1) is 12.8. The van der Waals surface area contributed by atoms with E-state index in [-0.39, 0.29) is 12.1 Å². The number of aromatic nitrogens is 1. The van der Waals surface area contributed by atoms with Gasteiger partial charge in [-0.05, 0) is 38.8 Å². The second kappa shape index (κ2) is 5.82. The van der Waals surface area contributed by atoms with Gasteiger partial charge in [0, 0.05) is 6.20 Å². The number of guanidine groups is 1. The van der Waals surface area contributed by atoms with Gasteiger partial charge in [0.05, 0.1) is 18.2 Å². The number of aliphatic imine (C=N–C) groups is 1. The van der Waals surface area contributed by atoms with Gasteiger partial charge in [0.2, 0.25) is 0 Å². The van der Waals surface area contributed by atoms with Crippen LogP contribution in [0.2, 0.25) is 0 Å². The maximum absolute atomic E-state index is 5.82. The van der Waals surface area contributed by atoms with Gasteiger partial charge in [-0.2, -0.15) is 0 Å². The first-order valence-electron chi connectivity index (χ1n) is 6.30. The minimum atomic E-state index is 0.268. The Morgan fingerprint density at radius 3 is 2.89 bits per heavy atom. The predicted octanol–water partition coefficient (Wildman–Crippen LogP) is 1.76. The summed E-state index contributed by atoms with van der Waals surface area (Å²) in [7, 11) is 0. The smallest absolute Gasteiger partial charge is 0.194 e. The molecule has 0 amide bonds. The third-order valence-corrected chi connectivity index (χ3v) is 2.78. The molecule has 2 rings (SSSR count). The maximum atomic E-state index is 5.82. The van der Waals surface area contributed by atoms with Gasteiger partial charge in [0.1, 0.15) is 5.82 Å². The van der Waals surface area contributed by atoms with E-state index < -0.39 is 0 Å². The van der Waals surface area contributed by atoms with Crippen LogP contribution in [-0.2, 0) is 4.74 Å². The van der Waals surface area contributed by atoms with Gasteiger partial charge < -0.3 is 15.8 Å².